The highest BCUT2D eigenvalue weighted by Gasteiger charge is 2.31. The molecule has 0 aliphatic rings. The molecule has 34 heavy (non-hydrogen) atoms. The molecule has 9 heteroatoms. The molecule has 186 valence electrons. The van der Waals surface area contributed by atoms with Crippen molar-refractivity contribution in [2.24, 2.45) is 0 Å². The van der Waals surface area contributed by atoms with Crippen LogP contribution in [0.25, 0.3) is 0 Å². The topological polar surface area (TPSA) is 86.8 Å². The smallest absolute Gasteiger partial charge is 0.244 e. The number of carbonyl (C=O) groups is 2. The molecule has 0 heterocycles. The summed E-state index contributed by atoms with van der Waals surface area (Å²) in [5, 5.41) is 2.79. The molecule has 2 aromatic rings. The number of amides is 2. The van der Waals surface area contributed by atoms with Gasteiger partial charge < -0.3 is 10.2 Å². The Kier molecular flexibility index (Phi) is 9.61. The van der Waals surface area contributed by atoms with E-state index in [2.05, 4.69) is 5.32 Å². The van der Waals surface area contributed by atoms with Crippen LogP contribution in [0.3, 0.4) is 0 Å². The van der Waals surface area contributed by atoms with Crippen molar-refractivity contribution < 1.29 is 22.4 Å². The summed E-state index contributed by atoms with van der Waals surface area (Å²) in [5.74, 6) is -1.49. The second-order valence-electron chi connectivity index (χ2n) is 8.44. The Bertz CT molecular complexity index is 1100. The minimum absolute atomic E-state index is 0.168. The molecular formula is C25H34FN3O4S. The van der Waals surface area contributed by atoms with Gasteiger partial charge in [0.05, 0.1) is 11.9 Å². The Morgan fingerprint density at radius 3 is 2.24 bits per heavy atom. The van der Waals surface area contributed by atoms with E-state index in [-0.39, 0.29) is 18.0 Å². The van der Waals surface area contributed by atoms with Gasteiger partial charge in [-0.15, -0.1) is 0 Å². The van der Waals surface area contributed by atoms with Gasteiger partial charge in [-0.05, 0) is 44.4 Å². The van der Waals surface area contributed by atoms with Crippen molar-refractivity contribution in [2.75, 3.05) is 23.7 Å². The Labute approximate surface area is 202 Å². The zero-order valence-electron chi connectivity index (χ0n) is 20.5. The summed E-state index contributed by atoms with van der Waals surface area (Å²) in [5.41, 5.74) is 2.06. The van der Waals surface area contributed by atoms with E-state index in [9.17, 15) is 22.4 Å². The van der Waals surface area contributed by atoms with Gasteiger partial charge in [0.2, 0.25) is 21.8 Å². The van der Waals surface area contributed by atoms with E-state index in [4.69, 9.17) is 0 Å². The number of unbranched alkanes of at least 4 members (excludes halogenated alkanes) is 1. The lowest BCUT2D eigenvalue weighted by molar-refractivity contribution is -0.139. The van der Waals surface area contributed by atoms with E-state index in [1.54, 1.807) is 39.0 Å². The first-order valence-electron chi connectivity index (χ1n) is 11.3. The molecule has 0 saturated carbocycles. The number of hydrogen-bond donors (Lipinski definition) is 1. The van der Waals surface area contributed by atoms with Crippen LogP contribution in [-0.4, -0.2) is 50.5 Å². The molecule has 7 nitrogen and oxygen atoms in total. The van der Waals surface area contributed by atoms with Crippen molar-refractivity contribution in [1.82, 2.24) is 10.2 Å². The third-order valence-electron chi connectivity index (χ3n) is 5.66. The fraction of sp³-hybridized carbons (Fsp3) is 0.440. The molecule has 1 atom stereocenters. The number of hydrogen-bond acceptors (Lipinski definition) is 4. The van der Waals surface area contributed by atoms with Crippen LogP contribution in [0.4, 0.5) is 10.1 Å². The maximum Gasteiger partial charge on any atom is 0.244 e. The molecule has 0 aliphatic heterocycles. The number of benzene rings is 2. The monoisotopic (exact) mass is 491 g/mol. The third-order valence-corrected chi connectivity index (χ3v) is 6.78. The quantitative estimate of drug-likeness (QED) is 0.487. The number of aryl methyl sites for hydroxylation is 2. The van der Waals surface area contributed by atoms with Gasteiger partial charge >= 0.3 is 0 Å². The summed E-state index contributed by atoms with van der Waals surface area (Å²) < 4.78 is 40.9. The van der Waals surface area contributed by atoms with Crippen molar-refractivity contribution in [3.63, 3.8) is 0 Å². The summed E-state index contributed by atoms with van der Waals surface area (Å²) in [4.78, 5) is 27.5. The van der Waals surface area contributed by atoms with Crippen LogP contribution in [0.5, 0.6) is 0 Å². The molecule has 2 amide bonds. The Morgan fingerprint density at radius 2 is 1.68 bits per heavy atom. The first-order chi connectivity index (χ1) is 16.0. The number of halogens is 1. The van der Waals surface area contributed by atoms with Gasteiger partial charge in [-0.25, -0.2) is 12.8 Å². The van der Waals surface area contributed by atoms with Crippen molar-refractivity contribution in [2.45, 2.75) is 53.1 Å². The molecule has 0 unspecified atom stereocenters. The SMILES string of the molecule is CCCCNC(=O)[C@H](C)N(Cc1ccccc1F)C(=O)CN(c1c(C)cccc1C)S(C)(=O)=O. The first-order valence-corrected chi connectivity index (χ1v) is 13.2. The molecular weight excluding hydrogens is 457 g/mol. The molecule has 0 fully saturated rings. The predicted octanol–water partition coefficient (Wildman–Crippen LogP) is 3.54. The van der Waals surface area contributed by atoms with Gasteiger partial charge in [0.15, 0.2) is 0 Å². The number of rotatable bonds is 11. The lowest BCUT2D eigenvalue weighted by Gasteiger charge is -2.32. The van der Waals surface area contributed by atoms with Crippen molar-refractivity contribution >= 4 is 27.5 Å². The van der Waals surface area contributed by atoms with E-state index < -0.39 is 34.3 Å². The normalized spacial score (nSPS) is 12.2. The predicted molar refractivity (Wildman–Crippen MR) is 132 cm³/mol. The Morgan fingerprint density at radius 1 is 1.06 bits per heavy atom. The van der Waals surface area contributed by atoms with Crippen LogP contribution in [0.15, 0.2) is 42.5 Å². The van der Waals surface area contributed by atoms with E-state index in [1.165, 1.54) is 23.1 Å². The van der Waals surface area contributed by atoms with Gasteiger partial charge in [-0.2, -0.15) is 0 Å². The highest BCUT2D eigenvalue weighted by molar-refractivity contribution is 7.92. The molecule has 1 N–H and O–H groups in total. The molecule has 0 saturated heterocycles. The van der Waals surface area contributed by atoms with E-state index >= 15 is 0 Å². The lowest BCUT2D eigenvalue weighted by Crippen LogP contribution is -2.51. The first kappa shape index (κ1) is 27.3. The minimum atomic E-state index is -3.82. The number of carbonyl (C=O) groups excluding carboxylic acids is 2. The minimum Gasteiger partial charge on any atom is -0.354 e. The van der Waals surface area contributed by atoms with Crippen LogP contribution in [0.1, 0.15) is 43.4 Å². The number of para-hydroxylation sites is 1. The van der Waals surface area contributed by atoms with Crippen molar-refractivity contribution in [3.05, 3.63) is 65.0 Å². The van der Waals surface area contributed by atoms with Gasteiger partial charge in [-0.3, -0.25) is 13.9 Å². The second-order valence-corrected chi connectivity index (χ2v) is 10.4. The van der Waals surface area contributed by atoms with Crippen LogP contribution < -0.4 is 9.62 Å². The largest absolute Gasteiger partial charge is 0.354 e. The zero-order valence-corrected chi connectivity index (χ0v) is 21.3. The van der Waals surface area contributed by atoms with Gasteiger partial charge in [0.25, 0.3) is 0 Å². The van der Waals surface area contributed by atoms with Crippen LogP contribution >= 0.6 is 0 Å². The molecule has 0 aliphatic carbocycles. The Balaban J connectivity index is 2.42. The zero-order chi connectivity index (χ0) is 25.5. The molecule has 2 aromatic carbocycles. The summed E-state index contributed by atoms with van der Waals surface area (Å²) in [6.45, 7) is 6.88. The molecule has 0 radical (unpaired) electrons. The summed E-state index contributed by atoms with van der Waals surface area (Å²) in [7, 11) is -3.82. The number of anilines is 1. The maximum atomic E-state index is 14.4. The summed E-state index contributed by atoms with van der Waals surface area (Å²) in [6.07, 6.45) is 2.72. The molecule has 0 aromatic heterocycles. The fourth-order valence-corrected chi connectivity index (χ4v) is 4.67. The highest BCUT2D eigenvalue weighted by atomic mass is 32.2. The molecule has 0 spiro atoms. The van der Waals surface area contributed by atoms with Crippen LogP contribution in [0, 0.1) is 19.7 Å². The number of sulfonamides is 1. The van der Waals surface area contributed by atoms with Crippen LogP contribution in [-0.2, 0) is 26.2 Å². The van der Waals surface area contributed by atoms with E-state index in [0.717, 1.165) is 23.4 Å². The molecule has 2 rings (SSSR count). The lowest BCUT2D eigenvalue weighted by atomic mass is 10.1. The number of nitrogens with one attached hydrogen (secondary N) is 1. The van der Waals surface area contributed by atoms with Crippen LogP contribution in [0.2, 0.25) is 0 Å². The van der Waals surface area contributed by atoms with Gasteiger partial charge in [0.1, 0.15) is 18.4 Å². The highest BCUT2D eigenvalue weighted by Crippen LogP contribution is 2.27. The van der Waals surface area contributed by atoms with Crippen molar-refractivity contribution in [3.8, 4) is 0 Å². The number of nitrogens with zero attached hydrogens (tertiary/aromatic N) is 2. The molecule has 0 bridgehead atoms. The second kappa shape index (κ2) is 12.0. The standard InChI is InChI=1S/C25H34FN3O4S/c1-6-7-15-27-25(31)20(4)28(16-21-13-8-9-14-22(21)26)23(30)17-29(34(5,32)33)24-18(2)11-10-12-19(24)3/h8-14,20H,6-7,15-17H2,1-5H3,(H,27,31)/t20-/m0/s1. The fourth-order valence-electron chi connectivity index (χ4n) is 3.70. The average Bonchev–Trinajstić information content (AvgIpc) is 2.76. The average molecular weight is 492 g/mol. The maximum absolute atomic E-state index is 14.4. The summed E-state index contributed by atoms with van der Waals surface area (Å²) >= 11 is 0. The van der Waals surface area contributed by atoms with E-state index in [1.807, 2.05) is 13.0 Å². The van der Waals surface area contributed by atoms with Gasteiger partial charge in [-0.1, -0.05) is 49.7 Å². The van der Waals surface area contributed by atoms with Crippen molar-refractivity contribution in [1.29, 1.82) is 0 Å². The van der Waals surface area contributed by atoms with E-state index in [0.29, 0.717) is 23.4 Å². The third kappa shape index (κ3) is 7.03. The van der Waals surface area contributed by atoms with Gasteiger partial charge in [0, 0.05) is 18.7 Å². The summed E-state index contributed by atoms with van der Waals surface area (Å²) in [6, 6.07) is 10.4. The Hall–Kier alpha value is -2.94.